The summed E-state index contributed by atoms with van der Waals surface area (Å²) in [5, 5.41) is 2.50. The van der Waals surface area contributed by atoms with E-state index in [1.165, 1.54) is 55.4 Å². The van der Waals surface area contributed by atoms with Gasteiger partial charge in [0, 0.05) is 0 Å². The zero-order chi connectivity index (χ0) is 32.5. The van der Waals surface area contributed by atoms with Crippen LogP contribution in [0.2, 0.25) is 0 Å². The predicted molar refractivity (Wildman–Crippen MR) is 195 cm³/mol. The molecule has 7 rings (SSSR count). The molecule has 0 fully saturated rings. The Morgan fingerprint density at radius 2 is 0.936 bits per heavy atom. The molecule has 0 aliphatic carbocycles. The van der Waals surface area contributed by atoms with E-state index in [1.54, 1.807) is 0 Å². The third kappa shape index (κ3) is 6.55. The van der Waals surface area contributed by atoms with Crippen LogP contribution in [0.25, 0.3) is 44.2 Å². The Morgan fingerprint density at radius 3 is 1.43 bits per heavy atom. The molecule has 0 saturated carbocycles. The molecule has 4 heteroatoms. The number of hydrogen-bond acceptors (Lipinski definition) is 0. The van der Waals surface area contributed by atoms with Gasteiger partial charge >= 0.3 is 17.1 Å². The van der Waals surface area contributed by atoms with Gasteiger partial charge in [0.15, 0.2) is 0 Å². The van der Waals surface area contributed by atoms with Crippen molar-refractivity contribution in [2.24, 2.45) is 0 Å². The second-order valence-electron chi connectivity index (χ2n) is 13.6. The molecule has 0 atom stereocenters. The van der Waals surface area contributed by atoms with Crippen molar-refractivity contribution >= 4 is 32.8 Å². The number of aromatic nitrogens is 3. The first-order valence-electron chi connectivity index (χ1n) is 16.8. The van der Waals surface area contributed by atoms with Gasteiger partial charge in [-0.05, 0) is 56.7 Å². The number of rotatable bonds is 6. The maximum Gasteiger partial charge on any atom is 2.00 e. The fourth-order valence-electron chi connectivity index (χ4n) is 6.66. The van der Waals surface area contributed by atoms with E-state index in [-0.39, 0.29) is 17.1 Å². The first-order valence-corrected chi connectivity index (χ1v) is 16.8. The molecule has 0 bridgehead atoms. The smallest absolute Gasteiger partial charge is 0.657 e. The van der Waals surface area contributed by atoms with Gasteiger partial charge in [-0.25, -0.2) is 0 Å². The molecular formula is C43H46CuN3+. The molecule has 47 heavy (non-hydrogen) atoms. The topological polar surface area (TPSA) is 22.9 Å². The first kappa shape index (κ1) is 34.2. The van der Waals surface area contributed by atoms with Crippen molar-refractivity contribution in [3.05, 3.63) is 138 Å². The maximum atomic E-state index is 4.52. The van der Waals surface area contributed by atoms with Gasteiger partial charge in [0.1, 0.15) is 0 Å². The number of para-hydroxylation sites is 6. The molecular weight excluding hydrogens is 622 g/mol. The van der Waals surface area contributed by atoms with Crippen molar-refractivity contribution in [3.63, 3.8) is 0 Å². The van der Waals surface area contributed by atoms with Crippen LogP contribution in [-0.2, 0) is 17.1 Å². The average molecular weight is 668 g/mol. The standard InChI is InChI=1S/C31H38N2.C12H8N.Cu/c1-20(2)24-13-11-14-25(21(3)4)30(24)32-19-33(29-18-10-9-17-28(29)32)31-26(22(5)6)15-12-16-27(31)23(7)8;1-3-7-11-9(5-1)10-6-2-4-8-12(10)13-11;/h9-18,20-23H,1-8H3;1-8H;/q;-1;+2. The van der Waals surface area contributed by atoms with Crippen LogP contribution in [0.1, 0.15) is 101 Å². The molecule has 0 aliphatic rings. The van der Waals surface area contributed by atoms with Crippen molar-refractivity contribution in [3.8, 4) is 11.4 Å². The van der Waals surface area contributed by atoms with Crippen molar-refractivity contribution in [1.82, 2.24) is 9.55 Å². The Balaban J connectivity index is 0.000000256. The van der Waals surface area contributed by atoms with E-state index < -0.39 is 0 Å². The van der Waals surface area contributed by atoms with Gasteiger partial charge < -0.3 is 4.98 Å². The van der Waals surface area contributed by atoms with E-state index in [4.69, 9.17) is 0 Å². The fraction of sp³-hybridized carbons (Fsp3) is 0.279. The van der Waals surface area contributed by atoms with Crippen LogP contribution >= 0.6 is 0 Å². The Hall–Kier alpha value is -4.11. The van der Waals surface area contributed by atoms with E-state index >= 15 is 0 Å². The fourth-order valence-corrected chi connectivity index (χ4v) is 6.66. The average Bonchev–Trinajstić information content (AvgIpc) is 3.63. The Bertz CT molecular complexity index is 1930. The van der Waals surface area contributed by atoms with Crippen molar-refractivity contribution in [2.45, 2.75) is 79.1 Å². The summed E-state index contributed by atoms with van der Waals surface area (Å²) in [5.41, 5.74) is 12.6. The van der Waals surface area contributed by atoms with E-state index in [2.05, 4.69) is 173 Å². The number of nitrogens with zero attached hydrogens (tertiary/aromatic N) is 3. The second-order valence-corrected chi connectivity index (χ2v) is 13.6. The van der Waals surface area contributed by atoms with Crippen LogP contribution in [0.4, 0.5) is 0 Å². The van der Waals surface area contributed by atoms with Crippen LogP contribution in [-0.4, -0.2) is 4.57 Å². The van der Waals surface area contributed by atoms with Crippen molar-refractivity contribution in [1.29, 1.82) is 0 Å². The quantitative estimate of drug-likeness (QED) is 0.0983. The number of imidazole rings is 1. The summed E-state index contributed by atoms with van der Waals surface area (Å²) in [5.74, 6) is 1.71. The Morgan fingerprint density at radius 1 is 0.511 bits per heavy atom. The van der Waals surface area contributed by atoms with Gasteiger partial charge in [0.2, 0.25) is 0 Å². The van der Waals surface area contributed by atoms with Crippen LogP contribution < -0.4 is 9.55 Å². The van der Waals surface area contributed by atoms with Gasteiger partial charge in [-0.3, -0.25) is 9.13 Å². The summed E-state index contributed by atoms with van der Waals surface area (Å²) in [6, 6.07) is 38.8. The van der Waals surface area contributed by atoms with Gasteiger partial charge in [0.25, 0.3) is 6.33 Å². The zero-order valence-corrected chi connectivity index (χ0v) is 29.8. The number of benzene rings is 5. The molecule has 0 saturated heterocycles. The molecule has 3 nitrogen and oxygen atoms in total. The van der Waals surface area contributed by atoms with Gasteiger partial charge in [-0.15, -0.1) is 11.0 Å². The largest absolute Gasteiger partial charge is 2.00 e. The van der Waals surface area contributed by atoms with Gasteiger partial charge in [0.05, 0.1) is 22.4 Å². The zero-order valence-electron chi connectivity index (χ0n) is 28.8. The summed E-state index contributed by atoms with van der Waals surface area (Å²) in [7, 11) is 0. The van der Waals surface area contributed by atoms with E-state index in [0.717, 1.165) is 11.0 Å². The summed E-state index contributed by atoms with van der Waals surface area (Å²) in [4.78, 5) is 4.52. The second kappa shape index (κ2) is 14.3. The minimum absolute atomic E-state index is 0. The summed E-state index contributed by atoms with van der Waals surface area (Å²) in [6.45, 7) is 18.3. The molecule has 0 N–H and O–H groups in total. The molecule has 2 heterocycles. The summed E-state index contributed by atoms with van der Waals surface area (Å²) in [6.07, 6.45) is 3.84. The number of fused-ring (bicyclic) bond motifs is 4. The first-order chi connectivity index (χ1) is 22.2. The van der Waals surface area contributed by atoms with Crippen LogP contribution in [0, 0.1) is 6.33 Å². The normalized spacial score (nSPS) is 11.6. The van der Waals surface area contributed by atoms with Gasteiger partial charge in [-0.1, -0.05) is 165 Å². The van der Waals surface area contributed by atoms with Crippen LogP contribution in [0.3, 0.4) is 0 Å². The predicted octanol–water partition coefficient (Wildman–Crippen LogP) is 11.1. The molecule has 0 aliphatic heterocycles. The maximum absolute atomic E-state index is 4.52. The molecule has 7 aromatic rings. The molecule has 0 amide bonds. The number of hydrogen-bond donors (Lipinski definition) is 0. The minimum Gasteiger partial charge on any atom is -0.657 e. The van der Waals surface area contributed by atoms with E-state index in [1.807, 2.05) is 12.1 Å². The SMILES string of the molecule is CC(C)c1cccc(C(C)C)c1-n1[c-][n+](-c2c(C(C)C)cccc2C(C)C)c2ccccc21.[Cu+2].c1ccc2c(c1)[n-]c1ccccc12. The minimum atomic E-state index is 0. The van der Waals surface area contributed by atoms with E-state index in [0.29, 0.717) is 23.7 Å². The summed E-state index contributed by atoms with van der Waals surface area (Å²) >= 11 is 0. The molecule has 5 aromatic carbocycles. The molecule has 2 aromatic heterocycles. The van der Waals surface area contributed by atoms with Crippen LogP contribution in [0.15, 0.2) is 109 Å². The molecule has 1 radical (unpaired) electrons. The molecule has 0 unspecified atom stereocenters. The monoisotopic (exact) mass is 667 g/mol. The third-order valence-electron chi connectivity index (χ3n) is 9.03. The Labute approximate surface area is 291 Å². The van der Waals surface area contributed by atoms with E-state index in [9.17, 15) is 0 Å². The Kier molecular flexibility index (Phi) is 10.4. The third-order valence-corrected chi connectivity index (χ3v) is 9.03. The molecule has 0 spiro atoms. The van der Waals surface area contributed by atoms with Crippen molar-refractivity contribution in [2.75, 3.05) is 0 Å². The van der Waals surface area contributed by atoms with Crippen molar-refractivity contribution < 1.29 is 21.6 Å². The van der Waals surface area contributed by atoms with Crippen LogP contribution in [0.5, 0.6) is 0 Å². The van der Waals surface area contributed by atoms with Gasteiger partial charge in [-0.2, -0.15) is 0 Å². The summed E-state index contributed by atoms with van der Waals surface area (Å²) < 4.78 is 4.64. The molecule has 243 valence electrons.